The number of hydrogen-bond acceptors (Lipinski definition) is 8. The molecular weight excluding hydrogens is 484 g/mol. The first-order valence-corrected chi connectivity index (χ1v) is 12.2. The van der Waals surface area contributed by atoms with Crippen LogP contribution in [0.15, 0.2) is 69.6 Å². The highest BCUT2D eigenvalue weighted by molar-refractivity contribution is 8.26. The van der Waals surface area contributed by atoms with Crippen LogP contribution in [0.4, 0.5) is 5.82 Å². The lowest BCUT2D eigenvalue weighted by molar-refractivity contribution is -0.122. The van der Waals surface area contributed by atoms with Crippen molar-refractivity contribution in [1.29, 1.82) is 0 Å². The van der Waals surface area contributed by atoms with E-state index in [0.717, 1.165) is 30.3 Å². The lowest BCUT2D eigenvalue weighted by Gasteiger charge is -2.13. The monoisotopic (exact) mass is 506 g/mol. The Bertz CT molecular complexity index is 1480. The second-order valence-corrected chi connectivity index (χ2v) is 9.67. The number of nitrogens with one attached hydrogen (secondary N) is 1. The van der Waals surface area contributed by atoms with Gasteiger partial charge in [-0.15, -0.1) is 0 Å². The quantitative estimate of drug-likeness (QED) is 0.220. The van der Waals surface area contributed by atoms with Crippen molar-refractivity contribution in [3.63, 3.8) is 0 Å². The van der Waals surface area contributed by atoms with Crippen LogP contribution in [0.3, 0.4) is 0 Å². The molecule has 0 bridgehead atoms. The summed E-state index contributed by atoms with van der Waals surface area (Å²) < 4.78 is 9.27. The molecule has 0 atom stereocenters. The number of aromatic nitrogens is 4. The number of carbonyl (C=O) groups excluding carboxylic acids is 1. The first kappa shape index (κ1) is 23.1. The molecule has 1 saturated heterocycles. The van der Waals surface area contributed by atoms with E-state index < -0.39 is 0 Å². The molecule has 178 valence electrons. The number of aryl methyl sites for hydroxylation is 2. The van der Waals surface area contributed by atoms with Crippen molar-refractivity contribution in [2.45, 2.75) is 26.4 Å². The largest absolute Gasteiger partial charge is 0.467 e. The van der Waals surface area contributed by atoms with Gasteiger partial charge in [0.2, 0.25) is 0 Å². The Hall–Kier alpha value is -3.70. The molecule has 0 saturated carbocycles. The molecule has 0 unspecified atom stereocenters. The molecule has 5 heterocycles. The van der Waals surface area contributed by atoms with E-state index in [1.54, 1.807) is 49.3 Å². The molecule has 1 amide bonds. The summed E-state index contributed by atoms with van der Waals surface area (Å²) in [7, 11) is 0. The molecule has 0 aromatic carbocycles. The maximum Gasteiger partial charge on any atom is 0.267 e. The average Bonchev–Trinajstić information content (AvgIpc) is 3.60. The summed E-state index contributed by atoms with van der Waals surface area (Å²) in [4.78, 5) is 37.2. The van der Waals surface area contributed by atoms with Gasteiger partial charge in [-0.3, -0.25) is 18.9 Å². The van der Waals surface area contributed by atoms with Gasteiger partial charge >= 0.3 is 0 Å². The Kier molecular flexibility index (Phi) is 6.51. The van der Waals surface area contributed by atoms with Gasteiger partial charge in [-0.25, -0.2) is 9.97 Å². The van der Waals surface area contributed by atoms with Crippen molar-refractivity contribution < 1.29 is 9.21 Å². The van der Waals surface area contributed by atoms with Crippen molar-refractivity contribution in [2.75, 3.05) is 11.9 Å². The molecule has 35 heavy (non-hydrogen) atoms. The second-order valence-electron chi connectivity index (χ2n) is 7.99. The van der Waals surface area contributed by atoms with Crippen LogP contribution in [-0.4, -0.2) is 40.6 Å². The van der Waals surface area contributed by atoms with Gasteiger partial charge in [-0.1, -0.05) is 30.0 Å². The van der Waals surface area contributed by atoms with Crippen molar-refractivity contribution in [1.82, 2.24) is 23.8 Å². The van der Waals surface area contributed by atoms with Gasteiger partial charge in [0.25, 0.3) is 11.5 Å². The fourth-order valence-electron chi connectivity index (χ4n) is 3.79. The summed E-state index contributed by atoms with van der Waals surface area (Å²) in [5.41, 5.74) is 1.50. The smallest absolute Gasteiger partial charge is 0.267 e. The van der Waals surface area contributed by atoms with Crippen LogP contribution < -0.4 is 10.9 Å². The predicted molar refractivity (Wildman–Crippen MR) is 139 cm³/mol. The van der Waals surface area contributed by atoms with Crippen LogP contribution in [0.25, 0.3) is 11.7 Å². The van der Waals surface area contributed by atoms with Crippen LogP contribution in [-0.2, 0) is 17.9 Å². The first-order chi connectivity index (χ1) is 17.0. The van der Waals surface area contributed by atoms with Gasteiger partial charge in [-0.05, 0) is 43.2 Å². The number of hydrogen-bond donors (Lipinski definition) is 1. The topological polar surface area (TPSA) is 97.7 Å². The van der Waals surface area contributed by atoms with Gasteiger partial charge in [0.05, 0.1) is 29.6 Å². The third kappa shape index (κ3) is 4.77. The van der Waals surface area contributed by atoms with Crippen molar-refractivity contribution in [3.8, 4) is 0 Å². The molecular formula is C24H22N6O3S2. The van der Waals surface area contributed by atoms with E-state index >= 15 is 0 Å². The Balaban J connectivity index is 1.46. The number of thiocarbonyl (C=S) groups is 1. The first-order valence-electron chi connectivity index (χ1n) is 11.0. The molecule has 1 N–H and O–H groups in total. The van der Waals surface area contributed by atoms with Gasteiger partial charge in [0.1, 0.15) is 21.5 Å². The minimum absolute atomic E-state index is 0.239. The number of fused-ring (bicyclic) bond motifs is 1. The maximum absolute atomic E-state index is 13.5. The Labute approximate surface area is 210 Å². The SMILES string of the molecule is Cc1cccn2c(=O)c(/C=C3/SC(=S)N(Cc4ccco4)C3=O)c(NCCCn3ccnc3)nc12. The molecule has 1 fully saturated rings. The summed E-state index contributed by atoms with van der Waals surface area (Å²) in [5.74, 6) is 0.799. The van der Waals surface area contributed by atoms with E-state index in [-0.39, 0.29) is 18.0 Å². The number of carbonyl (C=O) groups is 1. The summed E-state index contributed by atoms with van der Waals surface area (Å²) in [5, 5.41) is 3.30. The average molecular weight is 507 g/mol. The Morgan fingerprint density at radius 2 is 2.11 bits per heavy atom. The molecule has 11 heteroatoms. The number of rotatable bonds is 8. The minimum atomic E-state index is -0.267. The molecule has 5 rings (SSSR count). The van der Waals surface area contributed by atoms with E-state index in [0.29, 0.717) is 38.6 Å². The highest BCUT2D eigenvalue weighted by atomic mass is 32.2. The van der Waals surface area contributed by atoms with Crippen molar-refractivity contribution >= 4 is 51.7 Å². The van der Waals surface area contributed by atoms with E-state index in [4.69, 9.17) is 21.6 Å². The van der Waals surface area contributed by atoms with Crippen molar-refractivity contribution in [2.24, 2.45) is 0 Å². The van der Waals surface area contributed by atoms with Crippen molar-refractivity contribution in [3.05, 3.63) is 87.6 Å². The zero-order valence-corrected chi connectivity index (χ0v) is 20.5. The Morgan fingerprint density at radius 1 is 1.23 bits per heavy atom. The van der Waals surface area contributed by atoms with Crippen LogP contribution in [0.2, 0.25) is 0 Å². The number of anilines is 1. The molecule has 1 aliphatic rings. The third-order valence-corrected chi connectivity index (χ3v) is 6.95. The van der Waals surface area contributed by atoms with Gasteiger partial charge in [0, 0.05) is 31.7 Å². The summed E-state index contributed by atoms with van der Waals surface area (Å²) in [6.07, 6.45) is 11.0. The number of furan rings is 1. The zero-order valence-electron chi connectivity index (χ0n) is 18.9. The second kappa shape index (κ2) is 9.88. The molecule has 1 aliphatic heterocycles. The number of nitrogens with zero attached hydrogens (tertiary/aromatic N) is 5. The molecule has 0 radical (unpaired) electrons. The van der Waals surface area contributed by atoms with Gasteiger partial charge < -0.3 is 14.3 Å². The fraction of sp³-hybridized carbons (Fsp3) is 0.208. The van der Waals surface area contributed by atoms with E-state index in [2.05, 4.69) is 10.3 Å². The third-order valence-electron chi connectivity index (χ3n) is 5.57. The molecule has 0 spiro atoms. The van der Waals surface area contributed by atoms with E-state index in [1.807, 2.05) is 23.8 Å². The van der Waals surface area contributed by atoms with Gasteiger partial charge in [0.15, 0.2) is 0 Å². The minimum Gasteiger partial charge on any atom is -0.467 e. The standard InChI is InChI=1S/C24H22N6O3S2/c1-16-5-2-10-29-21(16)27-20(26-7-4-9-28-11-8-25-15-28)18(22(29)31)13-19-23(32)30(24(34)35-19)14-17-6-3-12-33-17/h2-3,5-6,8,10-13,15,26H,4,7,9,14H2,1H3/b19-13+. The highest BCUT2D eigenvalue weighted by Crippen LogP contribution is 2.34. The van der Waals surface area contributed by atoms with E-state index in [9.17, 15) is 9.59 Å². The van der Waals surface area contributed by atoms with Crippen LogP contribution in [0.5, 0.6) is 0 Å². The summed E-state index contributed by atoms with van der Waals surface area (Å²) in [6.45, 7) is 3.51. The Morgan fingerprint density at radius 3 is 2.89 bits per heavy atom. The molecule has 4 aromatic rings. The predicted octanol–water partition coefficient (Wildman–Crippen LogP) is 3.70. The number of pyridine rings is 1. The molecule has 0 aliphatic carbocycles. The molecule has 4 aromatic heterocycles. The summed E-state index contributed by atoms with van der Waals surface area (Å²) in [6, 6.07) is 7.26. The lowest BCUT2D eigenvalue weighted by Crippen LogP contribution is -2.27. The fourth-order valence-corrected chi connectivity index (χ4v) is 5.03. The summed E-state index contributed by atoms with van der Waals surface area (Å²) >= 11 is 6.60. The number of thioether (sulfide) groups is 1. The van der Waals surface area contributed by atoms with Gasteiger partial charge in [-0.2, -0.15) is 0 Å². The van der Waals surface area contributed by atoms with E-state index in [1.165, 1.54) is 9.30 Å². The number of amides is 1. The molecule has 9 nitrogen and oxygen atoms in total. The highest BCUT2D eigenvalue weighted by Gasteiger charge is 2.33. The zero-order chi connectivity index (χ0) is 24.4. The number of imidazole rings is 1. The lowest BCUT2D eigenvalue weighted by atomic mass is 10.2. The van der Waals surface area contributed by atoms with Crippen LogP contribution in [0, 0.1) is 6.92 Å². The normalized spacial score (nSPS) is 15.0. The van der Waals surface area contributed by atoms with Crippen LogP contribution >= 0.6 is 24.0 Å². The van der Waals surface area contributed by atoms with Crippen LogP contribution in [0.1, 0.15) is 23.3 Å². The maximum atomic E-state index is 13.5.